The van der Waals surface area contributed by atoms with Gasteiger partial charge in [-0.3, -0.25) is 9.78 Å². The highest BCUT2D eigenvalue weighted by atomic mass is 35.5. The second kappa shape index (κ2) is 8.32. The summed E-state index contributed by atoms with van der Waals surface area (Å²) in [6.07, 6.45) is 5.59. The van der Waals surface area contributed by atoms with Crippen molar-refractivity contribution in [3.05, 3.63) is 88.7 Å². The van der Waals surface area contributed by atoms with E-state index < -0.39 is 0 Å². The Hall–Kier alpha value is -3.11. The number of carbonyl (C=O) groups excluding carboxylic acids is 1. The number of anilines is 1. The molecule has 0 aliphatic carbocycles. The molecule has 5 heteroatoms. The first-order valence-corrected chi connectivity index (χ1v) is 8.38. The lowest BCUT2D eigenvalue weighted by molar-refractivity contribution is 0.102. The molecule has 1 N–H and O–H groups in total. The van der Waals surface area contributed by atoms with E-state index in [9.17, 15) is 4.79 Å². The number of pyridine rings is 1. The summed E-state index contributed by atoms with van der Waals surface area (Å²) in [5.74, 6) is 0.277. The number of nitrogens with zero attached hydrogens (tertiary/aromatic N) is 1. The third-order valence-electron chi connectivity index (χ3n) is 3.73. The summed E-state index contributed by atoms with van der Waals surface area (Å²) in [5, 5.41) is 3.24. The Labute approximate surface area is 157 Å². The van der Waals surface area contributed by atoms with Crippen LogP contribution in [0.1, 0.15) is 21.6 Å². The second-order valence-corrected chi connectivity index (χ2v) is 5.89. The molecule has 0 saturated heterocycles. The molecule has 1 aromatic heterocycles. The van der Waals surface area contributed by atoms with Crippen molar-refractivity contribution in [2.75, 3.05) is 12.4 Å². The van der Waals surface area contributed by atoms with Crippen LogP contribution in [0.3, 0.4) is 0 Å². The van der Waals surface area contributed by atoms with E-state index in [1.165, 1.54) is 0 Å². The molecule has 0 fully saturated rings. The Bertz CT molecular complexity index is 940. The maximum Gasteiger partial charge on any atom is 0.257 e. The van der Waals surface area contributed by atoms with Gasteiger partial charge in [0.25, 0.3) is 5.91 Å². The highest BCUT2D eigenvalue weighted by Gasteiger charge is 2.12. The number of amides is 1. The lowest BCUT2D eigenvalue weighted by Crippen LogP contribution is -2.13. The van der Waals surface area contributed by atoms with E-state index in [-0.39, 0.29) is 5.91 Å². The van der Waals surface area contributed by atoms with Gasteiger partial charge >= 0.3 is 0 Å². The predicted molar refractivity (Wildman–Crippen MR) is 106 cm³/mol. The van der Waals surface area contributed by atoms with Crippen molar-refractivity contribution in [3.63, 3.8) is 0 Å². The average Bonchev–Trinajstić information content (AvgIpc) is 2.68. The van der Waals surface area contributed by atoms with Crippen LogP contribution in [0.5, 0.6) is 5.75 Å². The van der Waals surface area contributed by atoms with Gasteiger partial charge in [0.1, 0.15) is 5.75 Å². The molecule has 0 aliphatic rings. The van der Waals surface area contributed by atoms with Crippen LogP contribution in [0.25, 0.3) is 12.2 Å². The van der Waals surface area contributed by atoms with Crippen LogP contribution in [-0.2, 0) is 0 Å². The van der Waals surface area contributed by atoms with Crippen molar-refractivity contribution in [2.24, 2.45) is 0 Å². The fourth-order valence-electron chi connectivity index (χ4n) is 2.41. The van der Waals surface area contributed by atoms with Crippen LogP contribution in [0.4, 0.5) is 5.69 Å². The summed E-state index contributed by atoms with van der Waals surface area (Å²) < 4.78 is 5.41. The first kappa shape index (κ1) is 17.7. The van der Waals surface area contributed by atoms with Gasteiger partial charge in [-0.15, -0.1) is 0 Å². The third-order valence-corrected chi connectivity index (χ3v) is 4.06. The normalized spacial score (nSPS) is 10.7. The lowest BCUT2D eigenvalue weighted by Gasteiger charge is -2.11. The summed E-state index contributed by atoms with van der Waals surface area (Å²) >= 11 is 6.08. The molecule has 3 aromatic rings. The maximum absolute atomic E-state index is 12.4. The maximum atomic E-state index is 12.4. The summed E-state index contributed by atoms with van der Waals surface area (Å²) in [7, 11) is 1.56. The number of halogens is 1. The van der Waals surface area contributed by atoms with E-state index in [0.29, 0.717) is 22.0 Å². The molecule has 0 aliphatic heterocycles. The number of nitrogens with one attached hydrogen (secondary N) is 1. The molecule has 26 heavy (non-hydrogen) atoms. The van der Waals surface area contributed by atoms with Crippen LogP contribution in [0.15, 0.2) is 66.9 Å². The van der Waals surface area contributed by atoms with E-state index in [0.717, 1.165) is 11.3 Å². The number of aromatic nitrogens is 1. The quantitative estimate of drug-likeness (QED) is 0.679. The number of rotatable bonds is 5. The molecule has 0 spiro atoms. The largest absolute Gasteiger partial charge is 0.495 e. The molecule has 0 radical (unpaired) electrons. The van der Waals surface area contributed by atoms with Crippen molar-refractivity contribution in [1.29, 1.82) is 0 Å². The summed E-state index contributed by atoms with van der Waals surface area (Å²) in [6.45, 7) is 0. The minimum Gasteiger partial charge on any atom is -0.495 e. The highest BCUT2D eigenvalue weighted by Crippen LogP contribution is 2.27. The zero-order valence-corrected chi connectivity index (χ0v) is 14.9. The van der Waals surface area contributed by atoms with E-state index in [2.05, 4.69) is 10.3 Å². The predicted octanol–water partition coefficient (Wildman–Crippen LogP) is 5.17. The molecule has 0 saturated carbocycles. The molecule has 0 atom stereocenters. The van der Waals surface area contributed by atoms with Gasteiger partial charge in [-0.1, -0.05) is 41.9 Å². The first-order chi connectivity index (χ1) is 12.7. The molecule has 1 amide bonds. The zero-order valence-electron chi connectivity index (χ0n) is 14.1. The van der Waals surface area contributed by atoms with Crippen molar-refractivity contribution in [2.45, 2.75) is 0 Å². The van der Waals surface area contributed by atoms with E-state index >= 15 is 0 Å². The van der Waals surface area contributed by atoms with Crippen molar-refractivity contribution in [1.82, 2.24) is 4.98 Å². The molecule has 4 nitrogen and oxygen atoms in total. The Kier molecular flexibility index (Phi) is 5.66. The molecule has 0 bridgehead atoms. The minimum absolute atomic E-state index is 0.286. The highest BCUT2D eigenvalue weighted by molar-refractivity contribution is 6.34. The average molecular weight is 365 g/mol. The van der Waals surface area contributed by atoms with Crippen molar-refractivity contribution >= 4 is 35.3 Å². The molecule has 130 valence electrons. The van der Waals surface area contributed by atoms with E-state index in [1.54, 1.807) is 43.6 Å². The second-order valence-electron chi connectivity index (χ2n) is 5.48. The SMILES string of the molecule is COc1cc(/C=C\c2ccccn2)ccc1NC(=O)c1ccccc1Cl. The first-order valence-electron chi connectivity index (χ1n) is 8.00. The zero-order chi connectivity index (χ0) is 18.4. The number of methoxy groups -OCH3 is 1. The summed E-state index contributed by atoms with van der Waals surface area (Å²) in [4.78, 5) is 16.7. The van der Waals surface area contributed by atoms with Gasteiger partial charge in [0, 0.05) is 6.20 Å². The monoisotopic (exact) mass is 364 g/mol. The molecular formula is C21H17ClN2O2. The third kappa shape index (κ3) is 4.29. The van der Waals surface area contributed by atoms with Crippen LogP contribution < -0.4 is 10.1 Å². The fourth-order valence-corrected chi connectivity index (χ4v) is 2.63. The lowest BCUT2D eigenvalue weighted by atomic mass is 10.1. The molecule has 1 heterocycles. The molecule has 2 aromatic carbocycles. The number of ether oxygens (including phenoxy) is 1. The molecule has 0 unspecified atom stereocenters. The molecule has 3 rings (SSSR count). The van der Waals surface area contributed by atoms with Crippen LogP contribution in [0, 0.1) is 0 Å². The van der Waals surface area contributed by atoms with Gasteiger partial charge in [-0.2, -0.15) is 0 Å². The van der Waals surface area contributed by atoms with E-state index in [1.807, 2.05) is 42.5 Å². The number of hydrogen-bond acceptors (Lipinski definition) is 3. The smallest absolute Gasteiger partial charge is 0.257 e. The van der Waals surface area contributed by atoms with Gasteiger partial charge < -0.3 is 10.1 Å². The molecular weight excluding hydrogens is 348 g/mol. The van der Waals surface area contributed by atoms with Crippen LogP contribution in [-0.4, -0.2) is 18.0 Å². The Morgan fingerprint density at radius 3 is 2.62 bits per heavy atom. The van der Waals surface area contributed by atoms with Gasteiger partial charge in [-0.25, -0.2) is 0 Å². The standard InChI is InChI=1S/C21H17ClN2O2/c1-26-20-14-15(9-11-16-6-4-5-13-23-16)10-12-19(20)24-21(25)17-7-2-3-8-18(17)22/h2-14H,1H3,(H,24,25)/b11-9-. The topological polar surface area (TPSA) is 51.2 Å². The van der Waals surface area contributed by atoms with Gasteiger partial charge in [0.2, 0.25) is 0 Å². The summed E-state index contributed by atoms with van der Waals surface area (Å²) in [6, 6.07) is 18.2. The van der Waals surface area contributed by atoms with Crippen molar-refractivity contribution in [3.8, 4) is 5.75 Å². The number of carbonyl (C=O) groups is 1. The fraction of sp³-hybridized carbons (Fsp3) is 0.0476. The van der Waals surface area contributed by atoms with Crippen LogP contribution in [0.2, 0.25) is 5.02 Å². The number of hydrogen-bond donors (Lipinski definition) is 1. The number of benzene rings is 2. The van der Waals surface area contributed by atoms with Gasteiger partial charge in [0.05, 0.1) is 29.1 Å². The van der Waals surface area contributed by atoms with Gasteiger partial charge in [0.15, 0.2) is 0 Å². The Morgan fingerprint density at radius 2 is 1.88 bits per heavy atom. The Morgan fingerprint density at radius 1 is 1.08 bits per heavy atom. The van der Waals surface area contributed by atoms with Crippen molar-refractivity contribution < 1.29 is 9.53 Å². The van der Waals surface area contributed by atoms with Crippen LogP contribution >= 0.6 is 11.6 Å². The Balaban J connectivity index is 1.80. The van der Waals surface area contributed by atoms with E-state index in [4.69, 9.17) is 16.3 Å². The minimum atomic E-state index is -0.286. The summed E-state index contributed by atoms with van der Waals surface area (Å²) in [5.41, 5.74) is 2.79. The van der Waals surface area contributed by atoms with Gasteiger partial charge in [-0.05, 0) is 48.0 Å².